The van der Waals surface area contributed by atoms with Crippen LogP contribution < -0.4 is 10.6 Å². The van der Waals surface area contributed by atoms with Gasteiger partial charge in [-0.2, -0.15) is 0 Å². The van der Waals surface area contributed by atoms with Gasteiger partial charge in [0.25, 0.3) is 11.1 Å². The summed E-state index contributed by atoms with van der Waals surface area (Å²) in [5.41, 5.74) is 0.901. The fraction of sp³-hybridized carbons (Fsp3) is 0.353. The molecule has 3 aromatic rings. The van der Waals surface area contributed by atoms with Crippen LogP contribution in [0.2, 0.25) is 0 Å². The molecule has 0 amide bonds. The number of nitrogens with zero attached hydrogens (tertiary/aromatic N) is 5. The summed E-state index contributed by atoms with van der Waals surface area (Å²) in [4.78, 5) is 12.8. The molecule has 3 rings (SSSR count). The Kier molecular flexibility index (Phi) is 6.42. The fourth-order valence-corrected chi connectivity index (χ4v) is 2.94. The summed E-state index contributed by atoms with van der Waals surface area (Å²) in [5, 5.41) is 14.9. The Morgan fingerprint density at radius 1 is 1.22 bits per heavy atom. The van der Waals surface area contributed by atoms with Gasteiger partial charge in [-0.05, 0) is 32.9 Å². The van der Waals surface area contributed by atoms with E-state index in [1.165, 1.54) is 18.1 Å². The second kappa shape index (κ2) is 9.17. The number of hydrogen-bond donors (Lipinski definition) is 2. The molecule has 0 spiro atoms. The Bertz CT molecular complexity index is 906. The van der Waals surface area contributed by atoms with Crippen molar-refractivity contribution in [3.63, 3.8) is 0 Å². The van der Waals surface area contributed by atoms with E-state index in [9.17, 15) is 0 Å². The highest BCUT2D eigenvalue weighted by Gasteiger charge is 2.14. The van der Waals surface area contributed by atoms with Gasteiger partial charge in [-0.25, -0.2) is 9.97 Å². The normalized spacial score (nSPS) is 11.6. The predicted molar refractivity (Wildman–Crippen MR) is 104 cm³/mol. The van der Waals surface area contributed by atoms with Gasteiger partial charge in [-0.15, -0.1) is 10.2 Å². The zero-order valence-corrected chi connectivity index (χ0v) is 16.2. The average molecular weight is 387 g/mol. The van der Waals surface area contributed by atoms with Crippen LogP contribution in [0.15, 0.2) is 43.7 Å². The monoisotopic (exact) mass is 387 g/mol. The van der Waals surface area contributed by atoms with Crippen LogP contribution in [0, 0.1) is 6.92 Å². The summed E-state index contributed by atoms with van der Waals surface area (Å²) in [6.07, 6.45) is 3.25. The molecule has 142 valence electrons. The van der Waals surface area contributed by atoms with Crippen molar-refractivity contribution in [2.75, 3.05) is 18.4 Å². The number of guanidine groups is 1. The molecule has 3 aromatic heterocycles. The van der Waals surface area contributed by atoms with Crippen LogP contribution in [0.3, 0.4) is 0 Å². The number of furan rings is 1. The number of nitrogens with one attached hydrogen (secondary N) is 2. The summed E-state index contributed by atoms with van der Waals surface area (Å²) >= 11 is 1.40. The van der Waals surface area contributed by atoms with Gasteiger partial charge in [0.05, 0.1) is 0 Å². The Balaban J connectivity index is 1.68. The van der Waals surface area contributed by atoms with Gasteiger partial charge >= 0.3 is 0 Å². The van der Waals surface area contributed by atoms with Crippen molar-refractivity contribution in [1.82, 2.24) is 25.5 Å². The van der Waals surface area contributed by atoms with E-state index < -0.39 is 0 Å². The Morgan fingerprint density at radius 3 is 2.85 bits per heavy atom. The highest BCUT2D eigenvalue weighted by Crippen LogP contribution is 2.28. The van der Waals surface area contributed by atoms with Gasteiger partial charge in [-0.1, -0.05) is 11.8 Å². The number of aromatic nitrogens is 4. The first kappa shape index (κ1) is 18.9. The largest absolute Gasteiger partial charge is 0.456 e. The lowest BCUT2D eigenvalue weighted by molar-refractivity contribution is 0.443. The lowest BCUT2D eigenvalue weighted by Gasteiger charge is -2.12. The molecule has 0 aromatic carbocycles. The van der Waals surface area contributed by atoms with Crippen molar-refractivity contribution in [2.24, 2.45) is 4.99 Å². The summed E-state index contributed by atoms with van der Waals surface area (Å²) in [6, 6.07) is 3.66. The highest BCUT2D eigenvalue weighted by molar-refractivity contribution is 7.98. The Hall–Kier alpha value is -2.88. The second-order valence-corrected chi connectivity index (χ2v) is 6.37. The minimum atomic E-state index is 0.359. The van der Waals surface area contributed by atoms with Crippen LogP contribution >= 0.6 is 11.8 Å². The zero-order valence-electron chi connectivity index (χ0n) is 15.4. The van der Waals surface area contributed by atoms with Gasteiger partial charge in [0.15, 0.2) is 11.7 Å². The minimum Gasteiger partial charge on any atom is -0.456 e. The molecule has 9 nitrogen and oxygen atoms in total. The second-order valence-electron chi connectivity index (χ2n) is 5.45. The van der Waals surface area contributed by atoms with Gasteiger partial charge < -0.3 is 19.5 Å². The molecule has 0 radical (unpaired) electrons. The van der Waals surface area contributed by atoms with Crippen LogP contribution in [-0.2, 0) is 5.75 Å². The predicted octanol–water partition coefficient (Wildman–Crippen LogP) is 3.12. The highest BCUT2D eigenvalue weighted by atomic mass is 32.2. The molecule has 2 N–H and O–H groups in total. The van der Waals surface area contributed by atoms with E-state index in [1.807, 2.05) is 26.8 Å². The number of thioether (sulfide) groups is 1. The minimum absolute atomic E-state index is 0.359. The average Bonchev–Trinajstić information content (AvgIpc) is 3.30. The smallest absolute Gasteiger partial charge is 0.284 e. The molecule has 0 saturated heterocycles. The lowest BCUT2D eigenvalue weighted by atomic mass is 10.3. The number of aliphatic imine (C=N–C) groups is 1. The van der Waals surface area contributed by atoms with Crippen molar-refractivity contribution in [1.29, 1.82) is 0 Å². The SMILES string of the molecule is CCN=C(NCC)Nc1ncncc1CSc1nnc(-c2ccc(C)o2)o1. The third-order valence-corrected chi connectivity index (χ3v) is 4.26. The molecule has 0 atom stereocenters. The van der Waals surface area contributed by atoms with E-state index in [1.54, 1.807) is 12.3 Å². The summed E-state index contributed by atoms with van der Waals surface area (Å²) in [5.74, 6) is 3.64. The van der Waals surface area contributed by atoms with Crippen LogP contribution in [0.4, 0.5) is 5.82 Å². The molecule has 0 saturated carbocycles. The molecule has 27 heavy (non-hydrogen) atoms. The number of rotatable bonds is 7. The van der Waals surface area contributed by atoms with E-state index in [0.29, 0.717) is 40.9 Å². The maximum atomic E-state index is 5.65. The fourth-order valence-electron chi connectivity index (χ4n) is 2.21. The Morgan fingerprint density at radius 2 is 2.11 bits per heavy atom. The molecule has 0 unspecified atom stereocenters. The summed E-state index contributed by atoms with van der Waals surface area (Å²) in [6.45, 7) is 7.28. The zero-order chi connectivity index (χ0) is 19.1. The first-order valence-corrected chi connectivity index (χ1v) is 9.55. The summed E-state index contributed by atoms with van der Waals surface area (Å²) in [7, 11) is 0. The molecule has 3 heterocycles. The molecule has 0 aliphatic rings. The van der Waals surface area contributed by atoms with E-state index in [0.717, 1.165) is 17.9 Å². The van der Waals surface area contributed by atoms with Gasteiger partial charge in [0.2, 0.25) is 0 Å². The van der Waals surface area contributed by atoms with Gasteiger partial charge in [-0.3, -0.25) is 4.99 Å². The van der Waals surface area contributed by atoms with Crippen LogP contribution in [0.5, 0.6) is 0 Å². The number of aryl methyl sites for hydroxylation is 1. The molecular formula is C17H21N7O2S. The maximum Gasteiger partial charge on any atom is 0.284 e. The Labute approximate surface area is 161 Å². The van der Waals surface area contributed by atoms with Crippen molar-refractivity contribution >= 4 is 23.5 Å². The first-order chi connectivity index (χ1) is 13.2. The lowest BCUT2D eigenvalue weighted by Crippen LogP contribution is -2.31. The van der Waals surface area contributed by atoms with E-state index in [4.69, 9.17) is 8.83 Å². The molecule has 0 bridgehead atoms. The van der Waals surface area contributed by atoms with Gasteiger partial charge in [0, 0.05) is 30.6 Å². The molecule has 10 heteroatoms. The third kappa shape index (κ3) is 5.07. The van der Waals surface area contributed by atoms with Crippen molar-refractivity contribution in [3.8, 4) is 11.7 Å². The van der Waals surface area contributed by atoms with Crippen LogP contribution in [0.1, 0.15) is 25.2 Å². The quantitative estimate of drug-likeness (QED) is 0.358. The standard InChI is InChI=1S/C17H21N7O2S/c1-4-19-16(20-5-2)22-14-12(8-18-10-21-14)9-27-17-24-23-15(26-17)13-7-6-11(3)25-13/h6-8,10H,4-5,9H2,1-3H3,(H2,18,19,20,21,22). The number of anilines is 1. The van der Waals surface area contributed by atoms with Crippen molar-refractivity contribution < 1.29 is 8.83 Å². The van der Waals surface area contributed by atoms with Crippen molar-refractivity contribution in [3.05, 3.63) is 36.0 Å². The van der Waals surface area contributed by atoms with E-state index >= 15 is 0 Å². The molecule has 0 aliphatic heterocycles. The van der Waals surface area contributed by atoms with Crippen molar-refractivity contribution in [2.45, 2.75) is 31.7 Å². The molecule has 0 aliphatic carbocycles. The van der Waals surface area contributed by atoms with E-state index in [2.05, 4.69) is 35.8 Å². The van der Waals surface area contributed by atoms with E-state index in [-0.39, 0.29) is 0 Å². The van der Waals surface area contributed by atoms with Crippen LogP contribution in [0.25, 0.3) is 11.7 Å². The number of hydrogen-bond acceptors (Lipinski definition) is 8. The molecular weight excluding hydrogens is 366 g/mol. The van der Waals surface area contributed by atoms with Gasteiger partial charge in [0.1, 0.15) is 17.9 Å². The topological polar surface area (TPSA) is 114 Å². The third-order valence-electron chi connectivity index (χ3n) is 3.39. The molecule has 0 fully saturated rings. The maximum absolute atomic E-state index is 5.65. The summed E-state index contributed by atoms with van der Waals surface area (Å²) < 4.78 is 11.2. The first-order valence-electron chi connectivity index (χ1n) is 8.57. The van der Waals surface area contributed by atoms with Crippen LogP contribution in [-0.4, -0.2) is 39.2 Å².